The van der Waals surface area contributed by atoms with Crippen molar-refractivity contribution in [1.29, 1.82) is 5.26 Å². The molecule has 3 rings (SSSR count). The first kappa shape index (κ1) is 16.7. The second-order valence-corrected chi connectivity index (χ2v) is 7.46. The van der Waals surface area contributed by atoms with Crippen LogP contribution in [0.15, 0.2) is 58.3 Å². The lowest BCUT2D eigenvalue weighted by Crippen LogP contribution is -2.35. The zero-order chi connectivity index (χ0) is 16.9. The van der Waals surface area contributed by atoms with Crippen LogP contribution in [-0.2, 0) is 17.2 Å². The average molecular weight is 340 g/mol. The Balaban J connectivity index is 1.76. The van der Waals surface area contributed by atoms with Crippen LogP contribution in [0, 0.1) is 11.3 Å². The number of aryl methyl sites for hydroxylation is 1. The van der Waals surface area contributed by atoms with E-state index in [4.69, 9.17) is 10.00 Å². The number of fused-ring (bicyclic) bond motifs is 1. The van der Waals surface area contributed by atoms with Gasteiger partial charge >= 0.3 is 0 Å². The number of rotatable bonds is 5. The molecular weight excluding hydrogens is 320 g/mol. The highest BCUT2D eigenvalue weighted by molar-refractivity contribution is 7.85. The van der Waals surface area contributed by atoms with Crippen molar-refractivity contribution >= 4 is 10.8 Å². The van der Waals surface area contributed by atoms with Crippen LogP contribution >= 0.6 is 0 Å². The third kappa shape index (κ3) is 3.84. The summed E-state index contributed by atoms with van der Waals surface area (Å²) >= 11 is 0. The molecule has 0 saturated carbocycles. The van der Waals surface area contributed by atoms with Crippen LogP contribution in [0.4, 0.5) is 0 Å². The van der Waals surface area contributed by atoms with Crippen molar-refractivity contribution in [3.05, 3.63) is 54.1 Å². The Kier molecular flexibility index (Phi) is 5.29. The molecule has 0 radical (unpaired) electrons. The predicted octanol–water partition coefficient (Wildman–Crippen LogP) is 3.00. The summed E-state index contributed by atoms with van der Waals surface area (Å²) in [5.41, 5.74) is 1.16. The van der Waals surface area contributed by atoms with Crippen LogP contribution in [0.2, 0.25) is 0 Å². The molecule has 0 aliphatic carbocycles. The van der Waals surface area contributed by atoms with E-state index in [2.05, 4.69) is 6.07 Å². The monoisotopic (exact) mass is 340 g/mol. The van der Waals surface area contributed by atoms with Crippen molar-refractivity contribution in [2.24, 2.45) is 0 Å². The first-order valence-corrected chi connectivity index (χ1v) is 9.14. The summed E-state index contributed by atoms with van der Waals surface area (Å²) in [6.07, 6.45) is 1.94. The van der Waals surface area contributed by atoms with Crippen LogP contribution < -0.4 is 4.74 Å². The molecule has 0 spiro atoms. The molecule has 5 heteroatoms. The Labute approximate surface area is 145 Å². The van der Waals surface area contributed by atoms with E-state index >= 15 is 0 Å². The highest BCUT2D eigenvalue weighted by Crippen LogP contribution is 2.31. The Hall–Kier alpha value is -2.16. The standard InChI is InChI=1S/C19H20N2O2S/c1-21(12-11-20)14-16-9-7-15-8-10-18(13-19(15)23-16)24(22)17-5-3-2-4-6-17/h2-6,8,10,13,16H,7,9,12,14H2,1H3/t16-,24?/m1/s1. The van der Waals surface area contributed by atoms with Crippen LogP contribution in [0.3, 0.4) is 0 Å². The van der Waals surface area contributed by atoms with Gasteiger partial charge in [-0.15, -0.1) is 0 Å². The second kappa shape index (κ2) is 7.61. The van der Waals surface area contributed by atoms with Gasteiger partial charge in [0, 0.05) is 16.3 Å². The van der Waals surface area contributed by atoms with Crippen LogP contribution in [0.25, 0.3) is 0 Å². The minimum atomic E-state index is -1.20. The fraction of sp³-hybridized carbons (Fsp3) is 0.316. The molecule has 0 N–H and O–H groups in total. The fourth-order valence-corrected chi connectivity index (χ4v) is 3.95. The van der Waals surface area contributed by atoms with E-state index < -0.39 is 10.8 Å². The summed E-state index contributed by atoms with van der Waals surface area (Å²) in [7, 11) is 0.716. The van der Waals surface area contributed by atoms with E-state index in [1.54, 1.807) is 0 Å². The molecule has 124 valence electrons. The summed E-state index contributed by atoms with van der Waals surface area (Å²) in [5.74, 6) is 0.818. The van der Waals surface area contributed by atoms with Crippen molar-refractivity contribution in [3.63, 3.8) is 0 Å². The summed E-state index contributed by atoms with van der Waals surface area (Å²) in [5, 5.41) is 8.76. The predicted molar refractivity (Wildman–Crippen MR) is 93.4 cm³/mol. The summed E-state index contributed by atoms with van der Waals surface area (Å²) in [6.45, 7) is 1.11. The second-order valence-electron chi connectivity index (χ2n) is 5.98. The molecule has 2 aromatic rings. The van der Waals surface area contributed by atoms with Crippen molar-refractivity contribution in [1.82, 2.24) is 4.90 Å². The number of nitriles is 1. The summed E-state index contributed by atoms with van der Waals surface area (Å²) in [6, 6.07) is 17.4. The maximum atomic E-state index is 12.7. The maximum Gasteiger partial charge on any atom is 0.124 e. The van der Waals surface area contributed by atoms with Gasteiger partial charge in [-0.1, -0.05) is 24.3 Å². The third-order valence-corrected chi connectivity index (χ3v) is 5.48. The van der Waals surface area contributed by atoms with Gasteiger partial charge in [-0.3, -0.25) is 4.90 Å². The molecule has 2 aromatic carbocycles. The number of likely N-dealkylation sites (N-methyl/N-ethyl adjacent to an activating group) is 1. The highest BCUT2D eigenvalue weighted by atomic mass is 32.2. The van der Waals surface area contributed by atoms with Crippen LogP contribution in [-0.4, -0.2) is 35.3 Å². The summed E-state index contributed by atoms with van der Waals surface area (Å²) < 4.78 is 18.8. The lowest BCUT2D eigenvalue weighted by Gasteiger charge is -2.29. The van der Waals surface area contributed by atoms with E-state index in [-0.39, 0.29) is 6.10 Å². The fourth-order valence-electron chi connectivity index (χ4n) is 2.86. The molecule has 0 amide bonds. The molecule has 0 aromatic heterocycles. The topological polar surface area (TPSA) is 53.3 Å². The zero-order valence-electron chi connectivity index (χ0n) is 13.6. The number of hydrogen-bond donors (Lipinski definition) is 0. The van der Waals surface area contributed by atoms with Gasteiger partial charge in [0.2, 0.25) is 0 Å². The van der Waals surface area contributed by atoms with E-state index in [9.17, 15) is 4.21 Å². The van der Waals surface area contributed by atoms with Gasteiger partial charge in [0.15, 0.2) is 0 Å². The molecule has 1 aliphatic rings. The molecular formula is C19H20N2O2S. The van der Waals surface area contributed by atoms with Crippen LogP contribution in [0.5, 0.6) is 5.75 Å². The van der Waals surface area contributed by atoms with Gasteiger partial charge in [-0.25, -0.2) is 4.21 Å². The van der Waals surface area contributed by atoms with Crippen molar-refractivity contribution < 1.29 is 8.95 Å². The van der Waals surface area contributed by atoms with E-state index in [1.807, 2.05) is 60.5 Å². The number of ether oxygens (including phenoxy) is 1. The third-order valence-electron chi connectivity index (χ3n) is 4.10. The van der Waals surface area contributed by atoms with Gasteiger partial charge in [0.25, 0.3) is 0 Å². The van der Waals surface area contributed by atoms with Crippen molar-refractivity contribution in [2.45, 2.75) is 28.7 Å². The van der Waals surface area contributed by atoms with Crippen molar-refractivity contribution in [3.8, 4) is 11.8 Å². The minimum Gasteiger partial charge on any atom is -0.489 e. The average Bonchev–Trinajstić information content (AvgIpc) is 2.61. The molecule has 1 unspecified atom stereocenters. The molecule has 1 heterocycles. The van der Waals surface area contributed by atoms with Gasteiger partial charge in [0.05, 0.1) is 23.4 Å². The van der Waals surface area contributed by atoms with Gasteiger partial charge in [-0.05, 0) is 49.7 Å². The van der Waals surface area contributed by atoms with E-state index in [0.717, 1.165) is 40.5 Å². The van der Waals surface area contributed by atoms with Gasteiger partial charge < -0.3 is 4.74 Å². The maximum absolute atomic E-state index is 12.7. The Morgan fingerprint density at radius 2 is 2.04 bits per heavy atom. The Morgan fingerprint density at radius 3 is 2.79 bits per heavy atom. The van der Waals surface area contributed by atoms with E-state index in [1.165, 1.54) is 0 Å². The molecule has 4 nitrogen and oxygen atoms in total. The number of nitrogens with zero attached hydrogens (tertiary/aromatic N) is 2. The molecule has 1 aliphatic heterocycles. The first-order chi connectivity index (χ1) is 11.7. The lowest BCUT2D eigenvalue weighted by molar-refractivity contribution is 0.132. The minimum absolute atomic E-state index is 0.0660. The highest BCUT2D eigenvalue weighted by Gasteiger charge is 2.22. The summed E-state index contributed by atoms with van der Waals surface area (Å²) in [4.78, 5) is 3.51. The van der Waals surface area contributed by atoms with Gasteiger partial charge in [-0.2, -0.15) is 5.26 Å². The first-order valence-electron chi connectivity index (χ1n) is 7.99. The molecule has 24 heavy (non-hydrogen) atoms. The molecule has 2 atom stereocenters. The Morgan fingerprint density at radius 1 is 1.25 bits per heavy atom. The normalized spacial score (nSPS) is 17.6. The van der Waals surface area contributed by atoms with Crippen molar-refractivity contribution in [2.75, 3.05) is 20.1 Å². The van der Waals surface area contributed by atoms with Gasteiger partial charge in [0.1, 0.15) is 11.9 Å². The van der Waals surface area contributed by atoms with Crippen LogP contribution in [0.1, 0.15) is 12.0 Å². The molecule has 0 saturated heterocycles. The Bertz CT molecular complexity index is 771. The SMILES string of the molecule is CN(CC#N)C[C@H]1CCc2ccc(S(=O)c3ccccc3)cc2O1. The largest absolute Gasteiger partial charge is 0.489 e. The zero-order valence-corrected chi connectivity index (χ0v) is 14.5. The molecule has 0 bridgehead atoms. The molecule has 0 fully saturated rings. The van der Waals surface area contributed by atoms with E-state index in [0.29, 0.717) is 6.54 Å². The quantitative estimate of drug-likeness (QED) is 0.785. The lowest BCUT2D eigenvalue weighted by atomic mass is 10.0. The number of hydrogen-bond acceptors (Lipinski definition) is 4. The smallest absolute Gasteiger partial charge is 0.124 e. The number of benzene rings is 2.